The fourth-order valence-electron chi connectivity index (χ4n) is 5.15. The second-order valence-electron chi connectivity index (χ2n) is 7.23. The van der Waals surface area contributed by atoms with E-state index in [9.17, 15) is 9.90 Å². The van der Waals surface area contributed by atoms with Crippen LogP contribution in [0.3, 0.4) is 0 Å². The molecule has 5 rings (SSSR count). The number of hydrogen-bond donors (Lipinski definition) is 2. The summed E-state index contributed by atoms with van der Waals surface area (Å²) in [7, 11) is 0. The molecule has 4 fully saturated rings. The van der Waals surface area contributed by atoms with Crippen molar-refractivity contribution >= 4 is 34.1 Å². The van der Waals surface area contributed by atoms with E-state index in [0.717, 1.165) is 35.8 Å². The summed E-state index contributed by atoms with van der Waals surface area (Å²) in [4.78, 5) is 12.9. The Morgan fingerprint density at radius 3 is 2.73 bits per heavy atom. The molecule has 1 aromatic heterocycles. The van der Waals surface area contributed by atoms with Gasteiger partial charge in [0.25, 0.3) is 0 Å². The molecule has 1 heterocycles. The molecule has 2 N–H and O–H groups in total. The lowest BCUT2D eigenvalue weighted by atomic mass is 9.47. The van der Waals surface area contributed by atoms with Crippen LogP contribution in [0, 0.1) is 17.3 Å². The highest BCUT2D eigenvalue weighted by atomic mass is 32.2. The highest BCUT2D eigenvalue weighted by Gasteiger charge is 2.60. The van der Waals surface area contributed by atoms with Crippen molar-refractivity contribution in [1.29, 1.82) is 0 Å². The lowest BCUT2D eigenvalue weighted by Gasteiger charge is -2.59. The van der Waals surface area contributed by atoms with Gasteiger partial charge in [0, 0.05) is 0 Å². The zero-order valence-corrected chi connectivity index (χ0v) is 14.3. The zero-order chi connectivity index (χ0) is 15.4. The molecule has 0 saturated heterocycles. The molecular weight excluding hydrogens is 318 g/mol. The first kappa shape index (κ1) is 14.9. The van der Waals surface area contributed by atoms with Gasteiger partial charge in [-0.15, -0.1) is 10.2 Å². The molecular formula is C15H21N3O2S2. The van der Waals surface area contributed by atoms with E-state index in [0.29, 0.717) is 23.4 Å². The van der Waals surface area contributed by atoms with Crippen molar-refractivity contribution in [2.24, 2.45) is 17.3 Å². The van der Waals surface area contributed by atoms with Gasteiger partial charge < -0.3 is 10.4 Å². The number of nitrogens with zero attached hydrogens (tertiary/aromatic N) is 2. The summed E-state index contributed by atoms with van der Waals surface area (Å²) in [5.41, 5.74) is -0.992. The highest BCUT2D eigenvalue weighted by Crippen LogP contribution is 2.61. The Labute approximate surface area is 138 Å². The lowest BCUT2D eigenvalue weighted by Crippen LogP contribution is -2.59. The van der Waals surface area contributed by atoms with E-state index in [4.69, 9.17) is 0 Å². The van der Waals surface area contributed by atoms with Crippen LogP contribution in [0.2, 0.25) is 0 Å². The van der Waals surface area contributed by atoms with Gasteiger partial charge in [-0.3, -0.25) is 4.79 Å². The minimum absolute atomic E-state index is 0.0456. The Bertz CT molecular complexity index is 589. The van der Waals surface area contributed by atoms with Gasteiger partial charge in [-0.05, 0) is 56.1 Å². The third-order valence-electron chi connectivity index (χ3n) is 5.41. The molecule has 7 heteroatoms. The van der Waals surface area contributed by atoms with Crippen LogP contribution in [0.25, 0.3) is 0 Å². The first-order valence-corrected chi connectivity index (χ1v) is 9.81. The van der Waals surface area contributed by atoms with Crippen molar-refractivity contribution in [1.82, 2.24) is 10.2 Å². The van der Waals surface area contributed by atoms with Gasteiger partial charge in [-0.1, -0.05) is 30.0 Å². The summed E-state index contributed by atoms with van der Waals surface area (Å²) >= 11 is 3.07. The standard InChI is InChI=1S/C15H21N3O2S2/c1-2-21-13-18-17-12(22-13)16-11(19)14-4-9-3-10(5-14)7-15(20,6-9)8-14/h9-10,20H,2-8H2,1H3,(H,16,17,19)/t9-,10+,14?,15?. The monoisotopic (exact) mass is 339 g/mol. The highest BCUT2D eigenvalue weighted by molar-refractivity contribution is 8.01. The van der Waals surface area contributed by atoms with Crippen LogP contribution in [0.4, 0.5) is 5.13 Å². The van der Waals surface area contributed by atoms with Crippen LogP contribution in [-0.2, 0) is 4.79 Å². The molecule has 0 aliphatic heterocycles. The van der Waals surface area contributed by atoms with Crippen LogP contribution >= 0.6 is 23.1 Å². The SMILES string of the molecule is CCSc1nnc(NC(=O)C23C[C@@H]4C[C@@H](CC(O)(C4)C2)C3)s1. The van der Waals surface area contributed by atoms with E-state index in [1.807, 2.05) is 0 Å². The molecule has 0 radical (unpaired) electrons. The molecule has 22 heavy (non-hydrogen) atoms. The Hall–Kier alpha value is -0.660. The molecule has 4 saturated carbocycles. The summed E-state index contributed by atoms with van der Waals surface area (Å²) in [6, 6.07) is 0. The molecule has 5 nitrogen and oxygen atoms in total. The molecule has 2 unspecified atom stereocenters. The van der Waals surface area contributed by atoms with Gasteiger partial charge in [-0.2, -0.15) is 0 Å². The number of hydrogen-bond acceptors (Lipinski definition) is 6. The number of carbonyl (C=O) groups excluding carboxylic acids is 1. The summed E-state index contributed by atoms with van der Waals surface area (Å²) in [5, 5.41) is 22.5. The van der Waals surface area contributed by atoms with Gasteiger partial charge in [0.1, 0.15) is 0 Å². The Morgan fingerprint density at radius 2 is 2.09 bits per heavy atom. The molecule has 0 aromatic carbocycles. The number of aromatic nitrogens is 2. The van der Waals surface area contributed by atoms with Crippen LogP contribution in [0.1, 0.15) is 45.4 Å². The Morgan fingerprint density at radius 1 is 1.36 bits per heavy atom. The predicted octanol–water partition coefficient (Wildman–Crippen LogP) is 2.92. The number of thioether (sulfide) groups is 1. The molecule has 4 bridgehead atoms. The average Bonchev–Trinajstić information content (AvgIpc) is 2.83. The lowest BCUT2D eigenvalue weighted by molar-refractivity contribution is -0.174. The van der Waals surface area contributed by atoms with Crippen molar-refractivity contribution in [3.05, 3.63) is 0 Å². The molecule has 1 amide bonds. The van der Waals surface area contributed by atoms with Crippen molar-refractivity contribution in [3.63, 3.8) is 0 Å². The van der Waals surface area contributed by atoms with Gasteiger partial charge in [-0.25, -0.2) is 0 Å². The van der Waals surface area contributed by atoms with E-state index in [-0.39, 0.29) is 11.3 Å². The number of aliphatic hydroxyl groups is 1. The molecule has 4 aliphatic rings. The second-order valence-corrected chi connectivity index (χ2v) is 9.71. The zero-order valence-electron chi connectivity index (χ0n) is 12.7. The second kappa shape index (κ2) is 5.18. The van der Waals surface area contributed by atoms with Gasteiger partial charge in [0.05, 0.1) is 11.0 Å². The average molecular weight is 339 g/mol. The molecule has 4 atom stereocenters. The van der Waals surface area contributed by atoms with E-state index in [1.165, 1.54) is 17.8 Å². The maximum atomic E-state index is 12.9. The normalized spacial score (nSPS) is 39.2. The van der Waals surface area contributed by atoms with Crippen LogP contribution in [0.15, 0.2) is 4.34 Å². The minimum atomic E-state index is -0.605. The van der Waals surface area contributed by atoms with Crippen molar-refractivity contribution < 1.29 is 9.90 Å². The number of rotatable bonds is 4. The summed E-state index contributed by atoms with van der Waals surface area (Å²) in [6.07, 6.45) is 5.42. The fraction of sp³-hybridized carbons (Fsp3) is 0.800. The summed E-state index contributed by atoms with van der Waals surface area (Å²) in [5.74, 6) is 2.02. The molecule has 4 aliphatic carbocycles. The summed E-state index contributed by atoms with van der Waals surface area (Å²) in [6.45, 7) is 2.07. The van der Waals surface area contributed by atoms with E-state index < -0.39 is 5.60 Å². The minimum Gasteiger partial charge on any atom is -0.390 e. The number of nitrogens with one attached hydrogen (secondary N) is 1. The first-order chi connectivity index (χ1) is 10.5. The summed E-state index contributed by atoms with van der Waals surface area (Å²) < 4.78 is 0.891. The van der Waals surface area contributed by atoms with Crippen LogP contribution in [-0.4, -0.2) is 32.6 Å². The maximum absolute atomic E-state index is 12.9. The van der Waals surface area contributed by atoms with Gasteiger partial charge in [0.2, 0.25) is 11.0 Å². The predicted molar refractivity (Wildman–Crippen MR) is 87.0 cm³/mol. The van der Waals surface area contributed by atoms with Crippen molar-refractivity contribution in [3.8, 4) is 0 Å². The van der Waals surface area contributed by atoms with Gasteiger partial charge in [0.15, 0.2) is 4.34 Å². The van der Waals surface area contributed by atoms with Crippen LogP contribution in [0.5, 0.6) is 0 Å². The molecule has 1 aromatic rings. The topological polar surface area (TPSA) is 75.1 Å². The maximum Gasteiger partial charge on any atom is 0.232 e. The molecule has 120 valence electrons. The third kappa shape index (κ3) is 2.47. The first-order valence-electron chi connectivity index (χ1n) is 8.00. The number of carbonyl (C=O) groups is 1. The van der Waals surface area contributed by atoms with E-state index >= 15 is 0 Å². The van der Waals surface area contributed by atoms with Gasteiger partial charge >= 0.3 is 0 Å². The third-order valence-corrected chi connectivity index (χ3v) is 7.26. The Kier molecular flexibility index (Phi) is 3.51. The van der Waals surface area contributed by atoms with E-state index in [1.54, 1.807) is 11.8 Å². The smallest absolute Gasteiger partial charge is 0.232 e. The number of amides is 1. The van der Waals surface area contributed by atoms with E-state index in [2.05, 4.69) is 22.4 Å². The fourth-order valence-corrected chi connectivity index (χ4v) is 6.80. The number of anilines is 1. The molecule has 0 spiro atoms. The van der Waals surface area contributed by atoms with Crippen LogP contribution < -0.4 is 5.32 Å². The van der Waals surface area contributed by atoms with Crippen molar-refractivity contribution in [2.45, 2.75) is 55.4 Å². The van der Waals surface area contributed by atoms with Crippen molar-refractivity contribution in [2.75, 3.05) is 11.1 Å². The Balaban J connectivity index is 1.52. The largest absolute Gasteiger partial charge is 0.390 e. The quantitative estimate of drug-likeness (QED) is 0.652.